The van der Waals surface area contributed by atoms with Gasteiger partial charge in [0.05, 0.1) is 11.9 Å². The van der Waals surface area contributed by atoms with E-state index in [1.54, 1.807) is 22.4 Å². The van der Waals surface area contributed by atoms with Gasteiger partial charge in [-0.2, -0.15) is 0 Å². The van der Waals surface area contributed by atoms with Crippen LogP contribution in [0, 0.1) is 12.8 Å². The zero-order valence-corrected chi connectivity index (χ0v) is 14.5. The monoisotopic (exact) mass is 331 g/mol. The summed E-state index contributed by atoms with van der Waals surface area (Å²) in [5.74, 6) is 0.362. The fourth-order valence-corrected chi connectivity index (χ4v) is 3.68. The maximum Gasteiger partial charge on any atom is 0.225 e. The Morgan fingerprint density at radius 1 is 1.30 bits per heavy atom. The van der Waals surface area contributed by atoms with Gasteiger partial charge in [0.2, 0.25) is 5.91 Å². The maximum atomic E-state index is 12.1. The van der Waals surface area contributed by atoms with Crippen molar-refractivity contribution in [3.05, 3.63) is 23.5 Å². The van der Waals surface area contributed by atoms with Gasteiger partial charge in [-0.3, -0.25) is 9.78 Å². The molecule has 0 spiro atoms. The molecule has 1 fully saturated rings. The number of hydrogen-bond acceptors (Lipinski definition) is 6. The largest absolute Gasteiger partial charge is 0.370 e. The summed E-state index contributed by atoms with van der Waals surface area (Å²) in [6, 6.07) is 1.99. The average Bonchev–Trinajstić information content (AvgIpc) is 3.00. The van der Waals surface area contributed by atoms with Gasteiger partial charge >= 0.3 is 0 Å². The van der Waals surface area contributed by atoms with Crippen LogP contribution in [-0.4, -0.2) is 53.2 Å². The molecule has 3 rings (SSSR count). The highest BCUT2D eigenvalue weighted by molar-refractivity contribution is 7.14. The molecule has 2 aromatic heterocycles. The summed E-state index contributed by atoms with van der Waals surface area (Å²) in [4.78, 5) is 20.4. The normalized spacial score (nSPS) is 15.7. The third kappa shape index (κ3) is 3.34. The van der Waals surface area contributed by atoms with Crippen LogP contribution in [0.5, 0.6) is 0 Å². The molecule has 1 aliphatic heterocycles. The van der Waals surface area contributed by atoms with Crippen molar-refractivity contribution >= 4 is 22.9 Å². The Labute approximate surface area is 140 Å². The number of anilines is 1. The molecule has 0 saturated carbocycles. The smallest absolute Gasteiger partial charge is 0.225 e. The van der Waals surface area contributed by atoms with Gasteiger partial charge in [0.15, 0.2) is 0 Å². The Kier molecular flexibility index (Phi) is 4.56. The second-order valence-corrected chi connectivity index (χ2v) is 7.19. The Bertz CT molecular complexity index is 691. The lowest BCUT2D eigenvalue weighted by atomic mass is 9.95. The van der Waals surface area contributed by atoms with Crippen molar-refractivity contribution in [2.24, 2.45) is 5.92 Å². The lowest BCUT2D eigenvalue weighted by Gasteiger charge is -2.34. The van der Waals surface area contributed by atoms with Crippen LogP contribution in [-0.2, 0) is 4.79 Å². The number of nitrogens with zero attached hydrogens (tertiary/aromatic N) is 5. The molecule has 122 valence electrons. The van der Waals surface area contributed by atoms with E-state index in [-0.39, 0.29) is 11.8 Å². The summed E-state index contributed by atoms with van der Waals surface area (Å²) in [7, 11) is 3.65. The molecule has 1 aliphatic rings. The highest BCUT2D eigenvalue weighted by atomic mass is 32.1. The van der Waals surface area contributed by atoms with Gasteiger partial charge in [0.25, 0.3) is 0 Å². The zero-order valence-electron chi connectivity index (χ0n) is 13.7. The fraction of sp³-hybridized carbons (Fsp3) is 0.500. The first kappa shape index (κ1) is 15.9. The van der Waals surface area contributed by atoms with E-state index in [1.807, 2.05) is 33.3 Å². The molecular formula is C16H21N5OS. The fourth-order valence-electron chi connectivity index (χ4n) is 2.96. The molecule has 2 aromatic rings. The minimum absolute atomic E-state index is 0.130. The van der Waals surface area contributed by atoms with Crippen LogP contribution in [0.1, 0.15) is 17.8 Å². The topological polar surface area (TPSA) is 62.2 Å². The molecule has 7 heteroatoms. The van der Waals surface area contributed by atoms with Gasteiger partial charge in [-0.05, 0) is 25.8 Å². The Balaban J connectivity index is 1.78. The molecular weight excluding hydrogens is 310 g/mol. The van der Waals surface area contributed by atoms with Crippen molar-refractivity contribution in [2.45, 2.75) is 19.8 Å². The Hall–Kier alpha value is -2.02. The first-order valence-electron chi connectivity index (χ1n) is 7.77. The molecule has 1 amide bonds. The Morgan fingerprint density at radius 2 is 2.04 bits per heavy atom. The number of piperidine rings is 1. The molecule has 0 aliphatic carbocycles. The van der Waals surface area contributed by atoms with E-state index in [4.69, 9.17) is 0 Å². The van der Waals surface area contributed by atoms with Gasteiger partial charge in [0.1, 0.15) is 10.0 Å². The van der Waals surface area contributed by atoms with Crippen LogP contribution >= 0.6 is 11.3 Å². The number of carbonyl (C=O) groups excluding carboxylic acids is 1. The maximum absolute atomic E-state index is 12.1. The van der Waals surface area contributed by atoms with Gasteiger partial charge < -0.3 is 9.80 Å². The molecule has 0 radical (unpaired) electrons. The van der Waals surface area contributed by atoms with E-state index in [1.165, 1.54) is 0 Å². The van der Waals surface area contributed by atoms with Gasteiger partial charge in [-0.15, -0.1) is 10.2 Å². The zero-order chi connectivity index (χ0) is 16.4. The van der Waals surface area contributed by atoms with Crippen LogP contribution in [0.2, 0.25) is 0 Å². The van der Waals surface area contributed by atoms with Gasteiger partial charge in [0, 0.05) is 44.9 Å². The molecule has 0 aromatic carbocycles. The SMILES string of the molecule is Cc1nnc(-c2ccncc2N2CCC(C(=O)N(C)C)CC2)s1. The first-order chi connectivity index (χ1) is 11.1. The van der Waals surface area contributed by atoms with Crippen molar-refractivity contribution in [1.82, 2.24) is 20.1 Å². The third-order valence-electron chi connectivity index (χ3n) is 4.18. The minimum Gasteiger partial charge on any atom is -0.370 e. The lowest BCUT2D eigenvalue weighted by molar-refractivity contribution is -0.133. The third-order valence-corrected chi connectivity index (χ3v) is 5.05. The van der Waals surface area contributed by atoms with E-state index in [9.17, 15) is 4.79 Å². The second-order valence-electron chi connectivity index (χ2n) is 6.01. The van der Waals surface area contributed by atoms with Crippen molar-refractivity contribution in [1.29, 1.82) is 0 Å². The average molecular weight is 331 g/mol. The van der Waals surface area contributed by atoms with Gasteiger partial charge in [-0.1, -0.05) is 11.3 Å². The van der Waals surface area contributed by atoms with Crippen LogP contribution in [0.3, 0.4) is 0 Å². The second kappa shape index (κ2) is 6.62. The van der Waals surface area contributed by atoms with Crippen molar-refractivity contribution in [2.75, 3.05) is 32.1 Å². The van der Waals surface area contributed by atoms with E-state index >= 15 is 0 Å². The lowest BCUT2D eigenvalue weighted by Crippen LogP contribution is -2.40. The summed E-state index contributed by atoms with van der Waals surface area (Å²) < 4.78 is 0. The van der Waals surface area contributed by atoms with Crippen LogP contribution < -0.4 is 4.90 Å². The molecule has 0 unspecified atom stereocenters. The van der Waals surface area contributed by atoms with E-state index < -0.39 is 0 Å². The summed E-state index contributed by atoms with van der Waals surface area (Å²) in [5.41, 5.74) is 2.15. The van der Waals surface area contributed by atoms with Crippen molar-refractivity contribution in [3.8, 4) is 10.6 Å². The summed E-state index contributed by atoms with van der Waals surface area (Å²) in [5, 5.41) is 10.3. The standard InChI is InChI=1S/C16H21N5OS/c1-11-18-19-15(23-11)13-4-7-17-10-14(13)21-8-5-12(6-9-21)16(22)20(2)3/h4,7,10,12H,5-6,8-9H2,1-3H3. The molecule has 1 saturated heterocycles. The van der Waals surface area contributed by atoms with Crippen LogP contribution in [0.4, 0.5) is 5.69 Å². The minimum atomic E-state index is 0.130. The molecule has 6 nitrogen and oxygen atoms in total. The van der Waals surface area contributed by atoms with E-state index in [0.717, 1.165) is 47.2 Å². The molecule has 0 N–H and O–H groups in total. The van der Waals surface area contributed by atoms with Crippen molar-refractivity contribution in [3.63, 3.8) is 0 Å². The number of aryl methyl sites for hydroxylation is 1. The summed E-state index contributed by atoms with van der Waals surface area (Å²) >= 11 is 1.59. The number of pyridine rings is 1. The molecule has 23 heavy (non-hydrogen) atoms. The van der Waals surface area contributed by atoms with Crippen LogP contribution in [0.25, 0.3) is 10.6 Å². The number of rotatable bonds is 3. The molecule has 0 bridgehead atoms. The predicted molar refractivity (Wildman–Crippen MR) is 91.5 cm³/mol. The predicted octanol–water partition coefficient (Wildman–Crippen LogP) is 2.21. The number of aromatic nitrogens is 3. The van der Waals surface area contributed by atoms with Crippen LogP contribution in [0.15, 0.2) is 18.5 Å². The number of carbonyl (C=O) groups is 1. The van der Waals surface area contributed by atoms with E-state index in [2.05, 4.69) is 20.1 Å². The highest BCUT2D eigenvalue weighted by Gasteiger charge is 2.27. The number of hydrogen-bond donors (Lipinski definition) is 0. The Morgan fingerprint density at radius 3 is 2.65 bits per heavy atom. The van der Waals surface area contributed by atoms with E-state index in [0.29, 0.717) is 0 Å². The van der Waals surface area contributed by atoms with Crippen molar-refractivity contribution < 1.29 is 4.79 Å². The molecule has 3 heterocycles. The summed E-state index contributed by atoms with van der Waals surface area (Å²) in [6.45, 7) is 3.68. The number of amides is 1. The molecule has 0 atom stereocenters. The first-order valence-corrected chi connectivity index (χ1v) is 8.58. The summed E-state index contributed by atoms with van der Waals surface area (Å²) in [6.07, 6.45) is 5.43. The van der Waals surface area contributed by atoms with Gasteiger partial charge in [-0.25, -0.2) is 0 Å². The quantitative estimate of drug-likeness (QED) is 0.863. The highest BCUT2D eigenvalue weighted by Crippen LogP contribution is 2.34.